The summed E-state index contributed by atoms with van der Waals surface area (Å²) in [6, 6.07) is 14.3. The summed E-state index contributed by atoms with van der Waals surface area (Å²) in [6.45, 7) is 2.29. The van der Waals surface area contributed by atoms with Gasteiger partial charge in [0.05, 0.1) is 5.69 Å². The van der Waals surface area contributed by atoms with Gasteiger partial charge in [-0.25, -0.2) is 14.1 Å². The van der Waals surface area contributed by atoms with Gasteiger partial charge in [-0.1, -0.05) is 12.1 Å². The van der Waals surface area contributed by atoms with Crippen molar-refractivity contribution in [2.24, 2.45) is 0 Å². The van der Waals surface area contributed by atoms with Crippen molar-refractivity contribution in [3.05, 3.63) is 71.6 Å². The Balaban J connectivity index is 1.52. The summed E-state index contributed by atoms with van der Waals surface area (Å²) >= 11 is 0. The van der Waals surface area contributed by atoms with E-state index in [1.807, 2.05) is 14.1 Å². The standard InChI is InChI=1S/C21H24FN5O/c1-15-24-20(25-27(15)19-12-8-17(22)9-13-19)21(28)23-14-4-5-16-6-10-18(11-7-16)26(2)3/h6-13H,4-5,14H2,1-3H3,(H,23,28). The van der Waals surface area contributed by atoms with Crippen molar-refractivity contribution in [1.29, 1.82) is 0 Å². The van der Waals surface area contributed by atoms with Crippen LogP contribution in [0.5, 0.6) is 0 Å². The summed E-state index contributed by atoms with van der Waals surface area (Å²) in [5, 5.41) is 7.09. The molecular formula is C21H24FN5O. The number of anilines is 1. The van der Waals surface area contributed by atoms with E-state index in [0.717, 1.165) is 18.5 Å². The zero-order valence-electron chi connectivity index (χ0n) is 16.3. The molecule has 0 aliphatic heterocycles. The molecule has 0 saturated carbocycles. The third kappa shape index (κ3) is 4.73. The fraction of sp³-hybridized carbons (Fsp3) is 0.286. The quantitative estimate of drug-likeness (QED) is 0.639. The van der Waals surface area contributed by atoms with E-state index in [2.05, 4.69) is 44.6 Å². The minimum Gasteiger partial charge on any atom is -0.378 e. The van der Waals surface area contributed by atoms with E-state index < -0.39 is 0 Å². The van der Waals surface area contributed by atoms with Crippen molar-refractivity contribution in [3.8, 4) is 5.69 Å². The molecular weight excluding hydrogens is 357 g/mol. The maximum absolute atomic E-state index is 13.1. The summed E-state index contributed by atoms with van der Waals surface area (Å²) in [7, 11) is 4.02. The number of hydrogen-bond donors (Lipinski definition) is 1. The summed E-state index contributed by atoms with van der Waals surface area (Å²) in [6.07, 6.45) is 1.70. The van der Waals surface area contributed by atoms with Crippen molar-refractivity contribution < 1.29 is 9.18 Å². The molecule has 0 saturated heterocycles. The van der Waals surface area contributed by atoms with Crippen LogP contribution in [0.1, 0.15) is 28.4 Å². The lowest BCUT2D eigenvalue weighted by Crippen LogP contribution is -2.26. The average molecular weight is 381 g/mol. The maximum atomic E-state index is 13.1. The molecule has 7 heteroatoms. The van der Waals surface area contributed by atoms with Gasteiger partial charge >= 0.3 is 0 Å². The van der Waals surface area contributed by atoms with Crippen LogP contribution in [0, 0.1) is 12.7 Å². The largest absolute Gasteiger partial charge is 0.378 e. The molecule has 0 atom stereocenters. The minimum absolute atomic E-state index is 0.108. The Labute approximate surface area is 164 Å². The molecule has 0 spiro atoms. The lowest BCUT2D eigenvalue weighted by molar-refractivity contribution is 0.0943. The highest BCUT2D eigenvalue weighted by Gasteiger charge is 2.14. The normalized spacial score (nSPS) is 10.7. The van der Waals surface area contributed by atoms with Crippen molar-refractivity contribution in [2.75, 3.05) is 25.5 Å². The molecule has 1 N–H and O–H groups in total. The lowest BCUT2D eigenvalue weighted by atomic mass is 10.1. The van der Waals surface area contributed by atoms with Gasteiger partial charge in [-0.05, 0) is 61.7 Å². The highest BCUT2D eigenvalue weighted by atomic mass is 19.1. The van der Waals surface area contributed by atoms with Crippen LogP contribution < -0.4 is 10.2 Å². The Kier molecular flexibility index (Phi) is 6.03. The van der Waals surface area contributed by atoms with Crippen molar-refractivity contribution in [2.45, 2.75) is 19.8 Å². The van der Waals surface area contributed by atoms with Crippen LogP contribution in [0.2, 0.25) is 0 Å². The number of aryl methyl sites for hydroxylation is 2. The first-order valence-electron chi connectivity index (χ1n) is 9.18. The number of nitrogens with zero attached hydrogens (tertiary/aromatic N) is 4. The molecule has 28 heavy (non-hydrogen) atoms. The second kappa shape index (κ2) is 8.65. The first-order valence-corrected chi connectivity index (χ1v) is 9.18. The average Bonchev–Trinajstić information content (AvgIpc) is 3.08. The zero-order chi connectivity index (χ0) is 20.1. The molecule has 0 unspecified atom stereocenters. The molecule has 1 heterocycles. The van der Waals surface area contributed by atoms with Gasteiger partial charge in [-0.15, -0.1) is 5.10 Å². The summed E-state index contributed by atoms with van der Waals surface area (Å²) < 4.78 is 14.6. The molecule has 0 bridgehead atoms. The number of carbonyl (C=O) groups is 1. The molecule has 6 nitrogen and oxygen atoms in total. The zero-order valence-corrected chi connectivity index (χ0v) is 16.3. The Bertz CT molecular complexity index is 932. The number of carbonyl (C=O) groups excluding carboxylic acids is 1. The Hall–Kier alpha value is -3.22. The van der Waals surface area contributed by atoms with Gasteiger partial charge in [0.25, 0.3) is 5.91 Å². The summed E-state index contributed by atoms with van der Waals surface area (Å²) in [5.74, 6) is 0.0395. The molecule has 1 amide bonds. The van der Waals surface area contributed by atoms with Gasteiger partial charge in [0, 0.05) is 26.3 Å². The van der Waals surface area contributed by atoms with Gasteiger partial charge in [0.2, 0.25) is 5.82 Å². The van der Waals surface area contributed by atoms with Gasteiger partial charge in [-0.2, -0.15) is 0 Å². The van der Waals surface area contributed by atoms with Crippen molar-refractivity contribution >= 4 is 11.6 Å². The fourth-order valence-corrected chi connectivity index (χ4v) is 2.85. The highest BCUT2D eigenvalue weighted by molar-refractivity contribution is 5.90. The molecule has 0 radical (unpaired) electrons. The fourth-order valence-electron chi connectivity index (χ4n) is 2.85. The number of rotatable bonds is 7. The van der Waals surface area contributed by atoms with E-state index in [9.17, 15) is 9.18 Å². The summed E-state index contributed by atoms with van der Waals surface area (Å²) in [5.41, 5.74) is 3.05. The van der Waals surface area contributed by atoms with E-state index in [-0.39, 0.29) is 17.5 Å². The van der Waals surface area contributed by atoms with Crippen LogP contribution in [0.25, 0.3) is 5.69 Å². The Morgan fingerprint density at radius 2 is 1.79 bits per heavy atom. The second-order valence-electron chi connectivity index (χ2n) is 6.79. The molecule has 0 aliphatic rings. The van der Waals surface area contributed by atoms with E-state index >= 15 is 0 Å². The minimum atomic E-state index is -0.323. The topological polar surface area (TPSA) is 63.1 Å². The Morgan fingerprint density at radius 1 is 1.11 bits per heavy atom. The maximum Gasteiger partial charge on any atom is 0.290 e. The molecule has 146 valence electrons. The predicted molar refractivity (Wildman–Crippen MR) is 107 cm³/mol. The number of halogens is 1. The molecule has 3 rings (SSSR count). The van der Waals surface area contributed by atoms with Crippen LogP contribution in [0.4, 0.5) is 10.1 Å². The van der Waals surface area contributed by atoms with Gasteiger partial charge < -0.3 is 10.2 Å². The molecule has 2 aromatic carbocycles. The van der Waals surface area contributed by atoms with E-state index in [4.69, 9.17) is 0 Å². The third-order valence-corrected chi connectivity index (χ3v) is 4.42. The third-order valence-electron chi connectivity index (χ3n) is 4.42. The Morgan fingerprint density at radius 3 is 2.43 bits per heavy atom. The molecule has 0 aliphatic carbocycles. The second-order valence-corrected chi connectivity index (χ2v) is 6.79. The van der Waals surface area contributed by atoms with E-state index in [1.54, 1.807) is 19.1 Å². The highest BCUT2D eigenvalue weighted by Crippen LogP contribution is 2.13. The number of amides is 1. The molecule has 3 aromatic rings. The van der Waals surface area contributed by atoms with Crippen LogP contribution in [0.3, 0.4) is 0 Å². The first-order chi connectivity index (χ1) is 13.4. The smallest absolute Gasteiger partial charge is 0.290 e. The van der Waals surface area contributed by atoms with Gasteiger partial charge in [-0.3, -0.25) is 4.79 Å². The van der Waals surface area contributed by atoms with Gasteiger partial charge in [0.1, 0.15) is 11.6 Å². The molecule has 0 fully saturated rings. The van der Waals surface area contributed by atoms with E-state index in [1.165, 1.54) is 22.4 Å². The van der Waals surface area contributed by atoms with Crippen LogP contribution in [-0.4, -0.2) is 41.3 Å². The SMILES string of the molecule is Cc1nc(C(=O)NCCCc2ccc(N(C)C)cc2)nn1-c1ccc(F)cc1. The van der Waals surface area contributed by atoms with Crippen molar-refractivity contribution in [3.63, 3.8) is 0 Å². The van der Waals surface area contributed by atoms with Gasteiger partial charge in [0.15, 0.2) is 0 Å². The first kappa shape index (κ1) is 19.5. The number of benzene rings is 2. The van der Waals surface area contributed by atoms with E-state index in [0.29, 0.717) is 18.1 Å². The van der Waals surface area contributed by atoms with Crippen molar-refractivity contribution in [1.82, 2.24) is 20.1 Å². The monoisotopic (exact) mass is 381 g/mol. The number of nitrogens with one attached hydrogen (secondary N) is 1. The lowest BCUT2D eigenvalue weighted by Gasteiger charge is -2.12. The van der Waals surface area contributed by atoms with Crippen LogP contribution in [-0.2, 0) is 6.42 Å². The van der Waals surface area contributed by atoms with Crippen LogP contribution >= 0.6 is 0 Å². The summed E-state index contributed by atoms with van der Waals surface area (Å²) in [4.78, 5) is 18.6. The number of hydrogen-bond acceptors (Lipinski definition) is 4. The molecule has 1 aromatic heterocycles. The van der Waals surface area contributed by atoms with Crippen LogP contribution in [0.15, 0.2) is 48.5 Å². The number of aromatic nitrogens is 3. The predicted octanol–water partition coefficient (Wildman–Crippen LogP) is 3.14.